The van der Waals surface area contributed by atoms with E-state index in [1.165, 1.54) is 6.92 Å². The molecule has 0 saturated carbocycles. The highest BCUT2D eigenvalue weighted by Crippen LogP contribution is 2.32. The Balaban J connectivity index is 1.53. The summed E-state index contributed by atoms with van der Waals surface area (Å²) < 4.78 is 2.25. The van der Waals surface area contributed by atoms with Crippen LogP contribution in [0.3, 0.4) is 0 Å². The molecule has 0 aliphatic rings. The number of ketones is 1. The number of nitrogens with zero attached hydrogens (tertiary/aromatic N) is 2. The van der Waals surface area contributed by atoms with E-state index < -0.39 is 5.97 Å². The number of carbonyl (C=O) groups excluding carboxylic acids is 2. The summed E-state index contributed by atoms with van der Waals surface area (Å²) in [6, 6.07) is 27.5. The van der Waals surface area contributed by atoms with Crippen molar-refractivity contribution in [1.29, 1.82) is 0 Å². The lowest BCUT2D eigenvalue weighted by Gasteiger charge is -2.08. The molecule has 1 aromatic heterocycles. The number of oxime groups is 1. The summed E-state index contributed by atoms with van der Waals surface area (Å²) >= 11 is 1.69. The lowest BCUT2D eigenvalue weighted by molar-refractivity contribution is -0.140. The molecule has 0 amide bonds. The lowest BCUT2D eigenvalue weighted by atomic mass is 9.97. The van der Waals surface area contributed by atoms with Crippen LogP contribution >= 0.6 is 11.8 Å². The molecule has 0 fully saturated rings. The van der Waals surface area contributed by atoms with Gasteiger partial charge in [0.05, 0.1) is 5.71 Å². The summed E-state index contributed by atoms with van der Waals surface area (Å²) in [5.74, 6) is 0.283. The summed E-state index contributed by atoms with van der Waals surface area (Å²) in [7, 11) is 5.81. The third kappa shape index (κ3) is 5.75. The van der Waals surface area contributed by atoms with Crippen LogP contribution in [0.15, 0.2) is 95.0 Å². The molecular formula is C33H29BN2O3S. The largest absolute Gasteiger partial charge is 0.341 e. The first-order chi connectivity index (χ1) is 19.4. The van der Waals surface area contributed by atoms with E-state index in [4.69, 9.17) is 12.7 Å². The Labute approximate surface area is 239 Å². The van der Waals surface area contributed by atoms with Gasteiger partial charge in [-0.2, -0.15) is 0 Å². The minimum absolute atomic E-state index is 0.00496. The Kier molecular flexibility index (Phi) is 8.22. The normalized spacial score (nSPS) is 11.7. The van der Waals surface area contributed by atoms with E-state index in [2.05, 4.69) is 28.8 Å². The van der Waals surface area contributed by atoms with E-state index in [-0.39, 0.29) is 5.78 Å². The molecule has 2 radical (unpaired) electrons. The zero-order valence-corrected chi connectivity index (χ0v) is 23.6. The van der Waals surface area contributed by atoms with Crippen molar-refractivity contribution in [2.24, 2.45) is 5.16 Å². The average Bonchev–Trinajstić information content (AvgIpc) is 3.27. The molecule has 5 aromatic rings. The second-order valence-electron chi connectivity index (χ2n) is 9.64. The van der Waals surface area contributed by atoms with E-state index in [1.807, 2.05) is 79.7 Å². The number of hydrogen-bond donors (Lipinski definition) is 0. The van der Waals surface area contributed by atoms with Gasteiger partial charge in [0, 0.05) is 69.0 Å². The highest BCUT2D eigenvalue weighted by molar-refractivity contribution is 7.99. The van der Waals surface area contributed by atoms with Crippen molar-refractivity contribution in [3.63, 3.8) is 0 Å². The molecule has 198 valence electrons. The Morgan fingerprint density at radius 1 is 0.900 bits per heavy atom. The zero-order chi connectivity index (χ0) is 28.2. The summed E-state index contributed by atoms with van der Waals surface area (Å²) in [6.45, 7) is 6.20. The van der Waals surface area contributed by atoms with Crippen molar-refractivity contribution in [1.82, 2.24) is 4.57 Å². The summed E-state index contributed by atoms with van der Waals surface area (Å²) in [5, 5.41) is 6.25. The van der Waals surface area contributed by atoms with Crippen LogP contribution in [-0.4, -0.2) is 35.6 Å². The fourth-order valence-corrected chi connectivity index (χ4v) is 5.80. The first-order valence-corrected chi connectivity index (χ1v) is 14.2. The predicted molar refractivity (Wildman–Crippen MR) is 165 cm³/mol. The quantitative estimate of drug-likeness (QED) is 0.0524. The number of hydrogen-bond acceptors (Lipinski definition) is 5. The molecule has 0 saturated heterocycles. The standard InChI is InChI=1S/C33H29BN2O3S/c1-4-36-31-15-9-23(30(35-39-22(3)37)17-18-40-26-13-11-25(34)12-14-26)19-28(31)29-20-24(10-16-32(29)36)33(38)27-8-6-5-7-21(27)2/h5-16,19-20H,4,17-18H2,1-3H3/b35-30+. The van der Waals surface area contributed by atoms with E-state index in [0.29, 0.717) is 23.3 Å². The number of aromatic nitrogens is 1. The van der Waals surface area contributed by atoms with Crippen LogP contribution < -0.4 is 5.46 Å². The Morgan fingerprint density at radius 3 is 2.20 bits per heavy atom. The van der Waals surface area contributed by atoms with E-state index in [1.54, 1.807) is 11.8 Å². The van der Waals surface area contributed by atoms with Gasteiger partial charge < -0.3 is 9.40 Å². The van der Waals surface area contributed by atoms with Crippen molar-refractivity contribution < 1.29 is 14.4 Å². The fraction of sp³-hybridized carbons (Fsp3) is 0.182. The summed E-state index contributed by atoms with van der Waals surface area (Å²) in [6.07, 6.45) is 0.595. The topological polar surface area (TPSA) is 60.7 Å². The van der Waals surface area contributed by atoms with Crippen molar-refractivity contribution in [3.05, 3.63) is 107 Å². The van der Waals surface area contributed by atoms with Gasteiger partial charge in [-0.25, -0.2) is 4.79 Å². The Hall–Kier alpha value is -4.10. The first-order valence-electron chi connectivity index (χ1n) is 13.2. The van der Waals surface area contributed by atoms with Gasteiger partial charge in [-0.3, -0.25) is 4.79 Å². The van der Waals surface area contributed by atoms with E-state index in [0.717, 1.165) is 55.6 Å². The van der Waals surface area contributed by atoms with Crippen LogP contribution in [-0.2, 0) is 16.2 Å². The summed E-state index contributed by atoms with van der Waals surface area (Å²) in [4.78, 5) is 31.2. The van der Waals surface area contributed by atoms with Crippen molar-refractivity contribution in [3.8, 4) is 0 Å². The minimum atomic E-state index is -0.466. The number of benzene rings is 4. The maximum atomic E-state index is 13.4. The van der Waals surface area contributed by atoms with Crippen LogP contribution in [0, 0.1) is 6.92 Å². The second-order valence-corrected chi connectivity index (χ2v) is 10.8. The van der Waals surface area contributed by atoms with Crippen LogP contribution in [0.2, 0.25) is 0 Å². The lowest BCUT2D eigenvalue weighted by Crippen LogP contribution is -2.06. The van der Waals surface area contributed by atoms with Crippen LogP contribution in [0.25, 0.3) is 21.8 Å². The molecule has 5 nitrogen and oxygen atoms in total. The Morgan fingerprint density at radius 2 is 1.55 bits per heavy atom. The van der Waals surface area contributed by atoms with Gasteiger partial charge >= 0.3 is 5.97 Å². The third-order valence-electron chi connectivity index (χ3n) is 6.94. The number of aryl methyl sites for hydroxylation is 2. The number of carbonyl (C=O) groups is 2. The molecule has 0 spiro atoms. The van der Waals surface area contributed by atoms with Gasteiger partial charge in [-0.05, 0) is 61.9 Å². The van der Waals surface area contributed by atoms with Crippen molar-refractivity contribution >= 4 is 64.3 Å². The molecule has 1 heterocycles. The maximum Gasteiger partial charge on any atom is 0.331 e. The number of rotatable bonds is 9. The van der Waals surface area contributed by atoms with Crippen LogP contribution in [0.4, 0.5) is 0 Å². The summed E-state index contributed by atoms with van der Waals surface area (Å²) in [5.41, 5.74) is 6.73. The maximum absolute atomic E-state index is 13.4. The van der Waals surface area contributed by atoms with Crippen LogP contribution in [0.1, 0.15) is 47.3 Å². The molecule has 0 aliphatic carbocycles. The van der Waals surface area contributed by atoms with Crippen molar-refractivity contribution in [2.75, 3.05) is 5.75 Å². The highest BCUT2D eigenvalue weighted by Gasteiger charge is 2.17. The molecule has 0 aliphatic heterocycles. The molecule has 4 aromatic carbocycles. The molecule has 7 heteroatoms. The molecule has 0 unspecified atom stereocenters. The van der Waals surface area contributed by atoms with Gasteiger partial charge in [0.2, 0.25) is 0 Å². The highest BCUT2D eigenvalue weighted by atomic mass is 32.2. The van der Waals surface area contributed by atoms with E-state index in [9.17, 15) is 9.59 Å². The molecule has 5 rings (SSSR count). The molecule has 0 atom stereocenters. The SMILES string of the molecule is [B]c1ccc(SCC/C(=N\OC(C)=O)c2ccc3c(c2)c2cc(C(=O)c4ccccc4C)ccc2n3CC)cc1. The predicted octanol–water partition coefficient (Wildman–Crippen LogP) is 6.60. The van der Waals surface area contributed by atoms with Gasteiger partial charge in [0.25, 0.3) is 0 Å². The molecule has 0 bridgehead atoms. The van der Waals surface area contributed by atoms with Crippen molar-refractivity contribution in [2.45, 2.75) is 38.6 Å². The second kappa shape index (κ2) is 12.0. The van der Waals surface area contributed by atoms with Crippen LogP contribution in [0.5, 0.6) is 0 Å². The minimum Gasteiger partial charge on any atom is -0.341 e. The van der Waals surface area contributed by atoms with Gasteiger partial charge in [0.1, 0.15) is 7.85 Å². The monoisotopic (exact) mass is 544 g/mol. The van der Waals surface area contributed by atoms with Gasteiger partial charge in [0.15, 0.2) is 5.78 Å². The molecule has 40 heavy (non-hydrogen) atoms. The Bertz CT molecular complexity index is 1760. The smallest absolute Gasteiger partial charge is 0.331 e. The average molecular weight is 544 g/mol. The fourth-order valence-electron chi connectivity index (χ4n) is 4.94. The third-order valence-corrected chi connectivity index (χ3v) is 7.95. The molecular weight excluding hydrogens is 515 g/mol. The molecule has 0 N–H and O–H groups in total. The van der Waals surface area contributed by atoms with Gasteiger partial charge in [-0.15, -0.1) is 11.8 Å². The number of thioether (sulfide) groups is 1. The van der Waals surface area contributed by atoms with E-state index >= 15 is 0 Å². The zero-order valence-electron chi connectivity index (χ0n) is 22.8. The van der Waals surface area contributed by atoms with Gasteiger partial charge in [-0.1, -0.05) is 53.1 Å². The number of fused-ring (bicyclic) bond motifs is 3. The first kappa shape index (κ1) is 27.5.